The van der Waals surface area contributed by atoms with Crippen LogP contribution >= 0.6 is 0 Å². The third-order valence-corrected chi connectivity index (χ3v) is 3.30. The summed E-state index contributed by atoms with van der Waals surface area (Å²) in [5.74, 6) is 0. The van der Waals surface area contributed by atoms with Crippen LogP contribution in [0.4, 0.5) is 0 Å². The summed E-state index contributed by atoms with van der Waals surface area (Å²) in [6, 6.07) is -0.0923. The fraction of sp³-hybridized carbons (Fsp3) is 1.00. The number of nitrogens with zero attached hydrogens (tertiary/aromatic N) is 1. The molecule has 1 heterocycles. The number of likely N-dealkylation sites (tertiary alicyclic amines) is 1. The fourth-order valence-corrected chi connectivity index (χ4v) is 2.24. The molecule has 1 aliphatic rings. The van der Waals surface area contributed by atoms with Gasteiger partial charge in [0.1, 0.15) is 0 Å². The van der Waals surface area contributed by atoms with Crippen molar-refractivity contribution in [2.45, 2.75) is 52.2 Å². The molecular weight excluding hydrogens is 190 g/mol. The lowest BCUT2D eigenvalue weighted by Gasteiger charge is -2.40. The van der Waals surface area contributed by atoms with E-state index in [9.17, 15) is 10.2 Å². The fourth-order valence-electron chi connectivity index (χ4n) is 2.24. The first kappa shape index (κ1) is 12.9. The molecule has 3 heteroatoms. The van der Waals surface area contributed by atoms with Crippen molar-refractivity contribution in [2.24, 2.45) is 5.41 Å². The van der Waals surface area contributed by atoms with Gasteiger partial charge in [-0.15, -0.1) is 0 Å². The molecule has 0 bridgehead atoms. The van der Waals surface area contributed by atoms with E-state index in [1.807, 2.05) is 20.8 Å². The SMILES string of the molecule is CC(C)(C)[C@H](O)[C@@H](CO)N1CCCCC1. The molecule has 2 atom stereocenters. The standard InChI is InChI=1S/C12H25NO2/c1-12(2,3)11(15)10(9-14)13-7-5-4-6-8-13/h10-11,14-15H,4-9H2,1-3H3/t10-,11-/m1/s1. The Labute approximate surface area is 93.1 Å². The van der Waals surface area contributed by atoms with Gasteiger partial charge >= 0.3 is 0 Å². The Bertz CT molecular complexity index is 183. The van der Waals surface area contributed by atoms with E-state index in [4.69, 9.17) is 0 Å². The van der Waals surface area contributed by atoms with Crippen LogP contribution in [-0.4, -0.2) is 47.0 Å². The molecule has 0 aromatic heterocycles. The highest BCUT2D eigenvalue weighted by molar-refractivity contribution is 4.87. The first-order valence-corrected chi connectivity index (χ1v) is 6.00. The highest BCUT2D eigenvalue weighted by atomic mass is 16.3. The average molecular weight is 215 g/mol. The largest absolute Gasteiger partial charge is 0.395 e. The molecule has 0 unspecified atom stereocenters. The van der Waals surface area contributed by atoms with E-state index >= 15 is 0 Å². The predicted molar refractivity (Wildman–Crippen MR) is 61.8 cm³/mol. The molecule has 2 N–H and O–H groups in total. The molecule has 1 aliphatic heterocycles. The van der Waals surface area contributed by atoms with Crippen LogP contribution < -0.4 is 0 Å². The third kappa shape index (κ3) is 3.44. The number of aliphatic hydroxyl groups is 2. The first-order chi connectivity index (χ1) is 6.96. The van der Waals surface area contributed by atoms with Gasteiger partial charge in [0.2, 0.25) is 0 Å². The summed E-state index contributed by atoms with van der Waals surface area (Å²) in [6.45, 7) is 8.13. The highest BCUT2D eigenvalue weighted by Gasteiger charge is 2.34. The van der Waals surface area contributed by atoms with Gasteiger partial charge in [0, 0.05) is 0 Å². The zero-order valence-electron chi connectivity index (χ0n) is 10.2. The van der Waals surface area contributed by atoms with E-state index in [1.54, 1.807) is 0 Å². The van der Waals surface area contributed by atoms with E-state index in [-0.39, 0.29) is 18.1 Å². The Kier molecular flexibility index (Phi) is 4.56. The van der Waals surface area contributed by atoms with E-state index in [1.165, 1.54) is 19.3 Å². The van der Waals surface area contributed by atoms with Crippen LogP contribution in [0.15, 0.2) is 0 Å². The average Bonchev–Trinajstić information content (AvgIpc) is 2.19. The Hall–Kier alpha value is -0.120. The van der Waals surface area contributed by atoms with Gasteiger partial charge in [-0.25, -0.2) is 0 Å². The summed E-state index contributed by atoms with van der Waals surface area (Å²) >= 11 is 0. The van der Waals surface area contributed by atoms with Crippen molar-refractivity contribution in [1.82, 2.24) is 4.90 Å². The number of rotatable bonds is 3. The lowest BCUT2D eigenvalue weighted by atomic mass is 9.84. The predicted octanol–water partition coefficient (Wildman–Crippen LogP) is 1.24. The Morgan fingerprint density at radius 1 is 1.13 bits per heavy atom. The van der Waals surface area contributed by atoms with Gasteiger partial charge in [0.25, 0.3) is 0 Å². The lowest BCUT2D eigenvalue weighted by molar-refractivity contribution is -0.0454. The molecule has 1 rings (SSSR count). The summed E-state index contributed by atoms with van der Waals surface area (Å²) < 4.78 is 0. The number of piperidine rings is 1. The van der Waals surface area contributed by atoms with Gasteiger partial charge in [-0.1, -0.05) is 27.2 Å². The molecule has 0 amide bonds. The molecule has 1 fully saturated rings. The first-order valence-electron chi connectivity index (χ1n) is 6.00. The summed E-state index contributed by atoms with van der Waals surface area (Å²) in [5, 5.41) is 19.6. The molecule has 0 radical (unpaired) electrons. The van der Waals surface area contributed by atoms with Crippen molar-refractivity contribution >= 4 is 0 Å². The van der Waals surface area contributed by atoms with Gasteiger partial charge in [0.15, 0.2) is 0 Å². The number of aliphatic hydroxyl groups excluding tert-OH is 2. The second-order valence-corrected chi connectivity index (χ2v) is 5.66. The van der Waals surface area contributed by atoms with Crippen molar-refractivity contribution < 1.29 is 10.2 Å². The summed E-state index contributed by atoms with van der Waals surface area (Å²) in [7, 11) is 0. The normalized spacial score (nSPS) is 23.8. The summed E-state index contributed by atoms with van der Waals surface area (Å²) in [4.78, 5) is 2.24. The molecule has 3 nitrogen and oxygen atoms in total. The molecule has 0 aliphatic carbocycles. The maximum absolute atomic E-state index is 10.2. The lowest BCUT2D eigenvalue weighted by Crippen LogP contribution is -2.52. The van der Waals surface area contributed by atoms with Crippen LogP contribution in [0.25, 0.3) is 0 Å². The van der Waals surface area contributed by atoms with Crippen molar-refractivity contribution in [3.8, 4) is 0 Å². The van der Waals surface area contributed by atoms with Crippen LogP contribution in [0.5, 0.6) is 0 Å². The van der Waals surface area contributed by atoms with Gasteiger partial charge in [-0.05, 0) is 31.3 Å². The van der Waals surface area contributed by atoms with Crippen molar-refractivity contribution in [1.29, 1.82) is 0 Å². The molecular formula is C12H25NO2. The maximum Gasteiger partial charge on any atom is 0.0765 e. The highest BCUT2D eigenvalue weighted by Crippen LogP contribution is 2.26. The molecule has 1 saturated heterocycles. The van der Waals surface area contributed by atoms with Crippen molar-refractivity contribution in [3.63, 3.8) is 0 Å². The van der Waals surface area contributed by atoms with Crippen LogP contribution in [0.3, 0.4) is 0 Å². The smallest absolute Gasteiger partial charge is 0.0765 e. The van der Waals surface area contributed by atoms with E-state index < -0.39 is 6.10 Å². The minimum atomic E-state index is -0.458. The molecule has 0 aromatic rings. The minimum Gasteiger partial charge on any atom is -0.395 e. The van der Waals surface area contributed by atoms with Crippen molar-refractivity contribution in [2.75, 3.05) is 19.7 Å². The second-order valence-electron chi connectivity index (χ2n) is 5.66. The van der Waals surface area contributed by atoms with Gasteiger partial charge < -0.3 is 10.2 Å². The molecule has 90 valence electrons. The monoisotopic (exact) mass is 215 g/mol. The van der Waals surface area contributed by atoms with Gasteiger partial charge in [-0.2, -0.15) is 0 Å². The Balaban J connectivity index is 2.60. The molecule has 0 aromatic carbocycles. The third-order valence-electron chi connectivity index (χ3n) is 3.30. The summed E-state index contributed by atoms with van der Waals surface area (Å²) in [6.07, 6.45) is 3.20. The zero-order chi connectivity index (χ0) is 11.5. The van der Waals surface area contributed by atoms with Gasteiger partial charge in [-0.3, -0.25) is 4.90 Å². The summed E-state index contributed by atoms with van der Waals surface area (Å²) in [5.41, 5.74) is -0.162. The van der Waals surface area contributed by atoms with Crippen molar-refractivity contribution in [3.05, 3.63) is 0 Å². The molecule has 0 saturated carbocycles. The van der Waals surface area contributed by atoms with Crippen LogP contribution in [-0.2, 0) is 0 Å². The van der Waals surface area contributed by atoms with Crippen LogP contribution in [0, 0.1) is 5.41 Å². The zero-order valence-corrected chi connectivity index (χ0v) is 10.2. The quantitative estimate of drug-likeness (QED) is 0.744. The van der Waals surface area contributed by atoms with Crippen LogP contribution in [0.2, 0.25) is 0 Å². The topological polar surface area (TPSA) is 43.7 Å². The minimum absolute atomic E-state index is 0.0540. The Morgan fingerprint density at radius 2 is 1.67 bits per heavy atom. The molecule has 15 heavy (non-hydrogen) atoms. The van der Waals surface area contributed by atoms with E-state index in [0.29, 0.717) is 0 Å². The molecule has 0 spiro atoms. The van der Waals surface area contributed by atoms with E-state index in [0.717, 1.165) is 13.1 Å². The second kappa shape index (κ2) is 5.28. The van der Waals surface area contributed by atoms with Gasteiger partial charge in [0.05, 0.1) is 18.8 Å². The number of hydrogen-bond donors (Lipinski definition) is 2. The Morgan fingerprint density at radius 3 is 2.07 bits per heavy atom. The maximum atomic E-state index is 10.2. The number of hydrogen-bond acceptors (Lipinski definition) is 3. The van der Waals surface area contributed by atoms with Crippen LogP contribution in [0.1, 0.15) is 40.0 Å². The van der Waals surface area contributed by atoms with E-state index in [2.05, 4.69) is 4.90 Å².